The van der Waals surface area contributed by atoms with Crippen molar-refractivity contribution in [3.05, 3.63) is 48.2 Å². The Morgan fingerprint density at radius 1 is 1.17 bits per heavy atom. The standard InChI is InChI=1S/C20H29NO3/c1-16(21-15-19-9-5-6-12-23-19)20(17-7-3-2-4-8-17)24-18-10-13-22-14-11-18/h2-4,6-8,12,16,18-21H,5,9-11,13-15H2,1H3/t16-,19+,20+/m0/s1. The molecule has 1 N–H and O–H groups in total. The SMILES string of the molecule is C[C@H](NC[C@H]1CCC=CO1)[C@@H](OC1CCOCC1)c1ccccc1. The summed E-state index contributed by atoms with van der Waals surface area (Å²) in [6.07, 6.45) is 8.63. The van der Waals surface area contributed by atoms with Crippen molar-refractivity contribution in [1.82, 2.24) is 5.32 Å². The van der Waals surface area contributed by atoms with Crippen LogP contribution in [0.3, 0.4) is 0 Å². The molecule has 132 valence electrons. The van der Waals surface area contributed by atoms with Crippen molar-refractivity contribution >= 4 is 0 Å². The van der Waals surface area contributed by atoms with Crippen molar-refractivity contribution in [2.45, 2.75) is 57.0 Å². The van der Waals surface area contributed by atoms with E-state index < -0.39 is 0 Å². The first kappa shape index (κ1) is 17.5. The summed E-state index contributed by atoms with van der Waals surface area (Å²) in [5, 5.41) is 3.63. The highest BCUT2D eigenvalue weighted by atomic mass is 16.5. The second kappa shape index (κ2) is 9.21. The molecule has 1 aromatic carbocycles. The minimum absolute atomic E-state index is 0.0495. The van der Waals surface area contributed by atoms with Crippen molar-refractivity contribution in [3.63, 3.8) is 0 Å². The second-order valence-electron chi connectivity index (χ2n) is 6.68. The van der Waals surface area contributed by atoms with Gasteiger partial charge in [-0.05, 0) is 44.2 Å². The summed E-state index contributed by atoms with van der Waals surface area (Å²) in [6.45, 7) is 4.66. The Labute approximate surface area is 145 Å². The van der Waals surface area contributed by atoms with Crippen molar-refractivity contribution in [2.24, 2.45) is 0 Å². The molecule has 0 radical (unpaired) electrons. The van der Waals surface area contributed by atoms with Gasteiger partial charge in [0, 0.05) is 25.8 Å². The summed E-state index contributed by atoms with van der Waals surface area (Å²) in [5.74, 6) is 0. The molecule has 4 nitrogen and oxygen atoms in total. The smallest absolute Gasteiger partial charge is 0.110 e. The monoisotopic (exact) mass is 331 g/mol. The van der Waals surface area contributed by atoms with Gasteiger partial charge >= 0.3 is 0 Å². The van der Waals surface area contributed by atoms with Crippen LogP contribution in [0, 0.1) is 0 Å². The van der Waals surface area contributed by atoms with Crippen LogP contribution in [0.1, 0.15) is 44.3 Å². The zero-order chi connectivity index (χ0) is 16.6. The molecule has 0 amide bonds. The van der Waals surface area contributed by atoms with E-state index in [-0.39, 0.29) is 24.4 Å². The lowest BCUT2D eigenvalue weighted by atomic mass is 10.0. The van der Waals surface area contributed by atoms with Gasteiger partial charge in [-0.2, -0.15) is 0 Å². The molecular weight excluding hydrogens is 302 g/mol. The highest BCUT2D eigenvalue weighted by Gasteiger charge is 2.26. The van der Waals surface area contributed by atoms with E-state index in [1.54, 1.807) is 0 Å². The number of hydrogen-bond donors (Lipinski definition) is 1. The van der Waals surface area contributed by atoms with Crippen molar-refractivity contribution in [2.75, 3.05) is 19.8 Å². The number of hydrogen-bond acceptors (Lipinski definition) is 4. The van der Waals surface area contributed by atoms with Gasteiger partial charge in [-0.3, -0.25) is 0 Å². The Kier molecular flexibility index (Phi) is 6.70. The first-order valence-corrected chi connectivity index (χ1v) is 9.15. The van der Waals surface area contributed by atoms with Gasteiger partial charge in [-0.25, -0.2) is 0 Å². The van der Waals surface area contributed by atoms with Crippen LogP contribution in [0.2, 0.25) is 0 Å². The van der Waals surface area contributed by atoms with Crippen molar-refractivity contribution in [3.8, 4) is 0 Å². The summed E-state index contributed by atoms with van der Waals surface area (Å²) in [7, 11) is 0. The normalized spacial score (nSPS) is 24.3. The third kappa shape index (κ3) is 5.07. The maximum atomic E-state index is 6.48. The Morgan fingerprint density at radius 2 is 1.96 bits per heavy atom. The average molecular weight is 331 g/mol. The predicted octanol–water partition coefficient (Wildman–Crippen LogP) is 3.59. The molecule has 4 heteroatoms. The molecule has 2 heterocycles. The fourth-order valence-corrected chi connectivity index (χ4v) is 3.31. The molecule has 0 unspecified atom stereocenters. The zero-order valence-electron chi connectivity index (χ0n) is 14.5. The second-order valence-corrected chi connectivity index (χ2v) is 6.68. The van der Waals surface area contributed by atoms with E-state index in [4.69, 9.17) is 14.2 Å². The van der Waals surface area contributed by atoms with Gasteiger partial charge in [-0.15, -0.1) is 0 Å². The fraction of sp³-hybridized carbons (Fsp3) is 0.600. The lowest BCUT2D eigenvalue weighted by Gasteiger charge is -2.32. The Morgan fingerprint density at radius 3 is 2.67 bits per heavy atom. The van der Waals surface area contributed by atoms with E-state index in [9.17, 15) is 0 Å². The van der Waals surface area contributed by atoms with E-state index >= 15 is 0 Å². The maximum absolute atomic E-state index is 6.48. The lowest BCUT2D eigenvalue weighted by Crippen LogP contribution is -2.41. The van der Waals surface area contributed by atoms with Crippen molar-refractivity contribution in [1.29, 1.82) is 0 Å². The quantitative estimate of drug-likeness (QED) is 0.829. The number of allylic oxidation sites excluding steroid dienone is 1. The number of rotatable bonds is 7. The summed E-state index contributed by atoms with van der Waals surface area (Å²) in [4.78, 5) is 0. The molecule has 3 rings (SSSR count). The predicted molar refractivity (Wildman–Crippen MR) is 94.8 cm³/mol. The molecule has 0 aliphatic carbocycles. The van der Waals surface area contributed by atoms with Crippen LogP contribution in [0.5, 0.6) is 0 Å². The largest absolute Gasteiger partial charge is 0.497 e. The summed E-state index contributed by atoms with van der Waals surface area (Å²) < 4.78 is 17.6. The van der Waals surface area contributed by atoms with Gasteiger partial charge in [0.25, 0.3) is 0 Å². The summed E-state index contributed by atoms with van der Waals surface area (Å²) in [6, 6.07) is 10.7. The highest BCUT2D eigenvalue weighted by Crippen LogP contribution is 2.26. The number of ether oxygens (including phenoxy) is 3. The lowest BCUT2D eigenvalue weighted by molar-refractivity contribution is -0.0802. The minimum Gasteiger partial charge on any atom is -0.497 e. The summed E-state index contributed by atoms with van der Waals surface area (Å²) in [5.41, 5.74) is 1.23. The molecule has 0 aromatic heterocycles. The van der Waals surface area contributed by atoms with Gasteiger partial charge in [0.2, 0.25) is 0 Å². The Bertz CT molecular complexity index is 499. The Balaban J connectivity index is 1.60. The molecule has 1 saturated heterocycles. The van der Waals surface area contributed by atoms with Crippen molar-refractivity contribution < 1.29 is 14.2 Å². The van der Waals surface area contributed by atoms with Crippen LogP contribution in [0.15, 0.2) is 42.7 Å². The van der Waals surface area contributed by atoms with Crippen LogP contribution < -0.4 is 5.32 Å². The molecule has 0 spiro atoms. The molecule has 24 heavy (non-hydrogen) atoms. The summed E-state index contributed by atoms with van der Waals surface area (Å²) >= 11 is 0. The Hall–Kier alpha value is -1.36. The van der Waals surface area contributed by atoms with Gasteiger partial charge in [0.15, 0.2) is 0 Å². The van der Waals surface area contributed by atoms with E-state index in [0.29, 0.717) is 0 Å². The van der Waals surface area contributed by atoms with E-state index in [1.165, 1.54) is 5.56 Å². The topological polar surface area (TPSA) is 39.7 Å². The molecular formula is C20H29NO3. The average Bonchev–Trinajstić information content (AvgIpc) is 2.66. The highest BCUT2D eigenvalue weighted by molar-refractivity contribution is 5.19. The molecule has 2 aliphatic heterocycles. The van der Waals surface area contributed by atoms with Gasteiger partial charge in [-0.1, -0.05) is 30.3 Å². The first-order chi connectivity index (χ1) is 11.8. The number of nitrogens with one attached hydrogen (secondary N) is 1. The van der Waals surface area contributed by atoms with Crippen LogP contribution in [0.4, 0.5) is 0 Å². The number of benzene rings is 1. The fourth-order valence-electron chi connectivity index (χ4n) is 3.31. The first-order valence-electron chi connectivity index (χ1n) is 9.15. The molecule has 2 aliphatic rings. The molecule has 0 bridgehead atoms. The molecule has 1 aromatic rings. The molecule has 3 atom stereocenters. The van der Waals surface area contributed by atoms with Gasteiger partial charge < -0.3 is 19.5 Å². The van der Waals surface area contributed by atoms with E-state index in [0.717, 1.165) is 45.4 Å². The third-order valence-electron chi connectivity index (χ3n) is 4.78. The molecule has 1 fully saturated rings. The third-order valence-corrected chi connectivity index (χ3v) is 4.78. The van der Waals surface area contributed by atoms with Crippen LogP contribution in [-0.2, 0) is 14.2 Å². The van der Waals surface area contributed by atoms with Crippen LogP contribution in [0.25, 0.3) is 0 Å². The zero-order valence-corrected chi connectivity index (χ0v) is 14.5. The van der Waals surface area contributed by atoms with Gasteiger partial charge in [0.1, 0.15) is 6.10 Å². The van der Waals surface area contributed by atoms with Gasteiger partial charge in [0.05, 0.1) is 18.5 Å². The molecule has 0 saturated carbocycles. The van der Waals surface area contributed by atoms with E-state index in [2.05, 4.69) is 48.6 Å². The maximum Gasteiger partial charge on any atom is 0.110 e. The van der Waals surface area contributed by atoms with Crippen LogP contribution in [-0.4, -0.2) is 38.0 Å². The van der Waals surface area contributed by atoms with Crippen LogP contribution >= 0.6 is 0 Å². The van der Waals surface area contributed by atoms with E-state index in [1.807, 2.05) is 6.26 Å². The minimum atomic E-state index is 0.0495.